The highest BCUT2D eigenvalue weighted by Gasteiger charge is 2.11. The molecule has 0 amide bonds. The zero-order chi connectivity index (χ0) is 12.8. The van der Waals surface area contributed by atoms with Gasteiger partial charge in [0.25, 0.3) is 0 Å². The van der Waals surface area contributed by atoms with E-state index in [2.05, 4.69) is 19.1 Å². The first kappa shape index (κ1) is 12.5. The molecule has 0 spiro atoms. The number of hydrogen-bond donors (Lipinski definition) is 1. The van der Waals surface area contributed by atoms with Crippen LogP contribution in [0.15, 0.2) is 54.6 Å². The van der Waals surface area contributed by atoms with Crippen LogP contribution in [0.1, 0.15) is 31.4 Å². The lowest BCUT2D eigenvalue weighted by Crippen LogP contribution is -2.07. The van der Waals surface area contributed by atoms with Crippen LogP contribution < -0.4 is 10.5 Å². The molecule has 0 heterocycles. The van der Waals surface area contributed by atoms with Gasteiger partial charge in [-0.15, -0.1) is 0 Å². The van der Waals surface area contributed by atoms with Gasteiger partial charge in [-0.05, 0) is 36.2 Å². The molecule has 18 heavy (non-hydrogen) atoms. The van der Waals surface area contributed by atoms with Crippen LogP contribution in [0.2, 0.25) is 0 Å². The average molecular weight is 241 g/mol. The lowest BCUT2D eigenvalue weighted by Gasteiger charge is -2.19. The second kappa shape index (κ2) is 6.10. The predicted octanol–water partition coefficient (Wildman–Crippen LogP) is 4.19. The summed E-state index contributed by atoms with van der Waals surface area (Å²) in [5.74, 6) is 0.867. The Labute approximate surface area is 108 Å². The Balaban J connectivity index is 2.14. The van der Waals surface area contributed by atoms with E-state index in [1.807, 2.05) is 42.5 Å². The third-order valence-corrected chi connectivity index (χ3v) is 2.88. The fourth-order valence-corrected chi connectivity index (χ4v) is 1.93. The Morgan fingerprint density at radius 2 is 1.67 bits per heavy atom. The first-order valence-corrected chi connectivity index (χ1v) is 6.36. The van der Waals surface area contributed by atoms with Crippen LogP contribution in [0.5, 0.6) is 5.75 Å². The van der Waals surface area contributed by atoms with Gasteiger partial charge in [0, 0.05) is 5.69 Å². The molecule has 1 atom stereocenters. The maximum absolute atomic E-state index is 6.04. The Morgan fingerprint density at radius 3 is 2.28 bits per heavy atom. The van der Waals surface area contributed by atoms with Crippen LogP contribution in [0.25, 0.3) is 0 Å². The summed E-state index contributed by atoms with van der Waals surface area (Å²) in [5, 5.41) is 0. The normalized spacial score (nSPS) is 12.1. The molecule has 0 radical (unpaired) electrons. The van der Waals surface area contributed by atoms with Gasteiger partial charge in [-0.2, -0.15) is 0 Å². The third-order valence-electron chi connectivity index (χ3n) is 2.88. The lowest BCUT2D eigenvalue weighted by molar-refractivity contribution is 0.194. The maximum Gasteiger partial charge on any atom is 0.124 e. The average Bonchev–Trinajstić information content (AvgIpc) is 2.42. The van der Waals surface area contributed by atoms with Gasteiger partial charge in [0.05, 0.1) is 0 Å². The molecule has 2 rings (SSSR count). The molecule has 1 unspecified atom stereocenters. The number of ether oxygens (including phenoxy) is 1. The molecular weight excluding hydrogens is 222 g/mol. The monoisotopic (exact) mass is 241 g/mol. The van der Waals surface area contributed by atoms with Crippen molar-refractivity contribution in [1.82, 2.24) is 0 Å². The van der Waals surface area contributed by atoms with Crippen LogP contribution in [-0.4, -0.2) is 0 Å². The van der Waals surface area contributed by atoms with E-state index in [9.17, 15) is 0 Å². The van der Waals surface area contributed by atoms with Gasteiger partial charge in [0.15, 0.2) is 0 Å². The van der Waals surface area contributed by atoms with Crippen molar-refractivity contribution in [1.29, 1.82) is 0 Å². The molecule has 0 aliphatic heterocycles. The van der Waals surface area contributed by atoms with E-state index >= 15 is 0 Å². The number of benzene rings is 2. The topological polar surface area (TPSA) is 35.2 Å². The van der Waals surface area contributed by atoms with Crippen LogP contribution in [-0.2, 0) is 0 Å². The predicted molar refractivity (Wildman–Crippen MR) is 75.6 cm³/mol. The lowest BCUT2D eigenvalue weighted by atomic mass is 10.1. The molecule has 0 saturated carbocycles. The largest absolute Gasteiger partial charge is 0.486 e. The number of nitrogens with two attached hydrogens (primary N) is 1. The fraction of sp³-hybridized carbons (Fsp3) is 0.250. The standard InChI is InChI=1S/C16H19NO/c1-2-6-16(13-7-4-3-5-8-13)18-15-11-9-14(17)10-12-15/h3-5,7-12,16H,2,6,17H2,1H3. The van der Waals surface area contributed by atoms with Gasteiger partial charge in [0.2, 0.25) is 0 Å². The van der Waals surface area contributed by atoms with Gasteiger partial charge in [-0.3, -0.25) is 0 Å². The van der Waals surface area contributed by atoms with Crippen molar-refractivity contribution in [2.75, 3.05) is 5.73 Å². The van der Waals surface area contributed by atoms with Crippen molar-refractivity contribution in [2.45, 2.75) is 25.9 Å². The number of anilines is 1. The molecule has 2 aromatic carbocycles. The molecule has 2 heteroatoms. The zero-order valence-corrected chi connectivity index (χ0v) is 10.7. The van der Waals surface area contributed by atoms with E-state index in [1.54, 1.807) is 0 Å². The summed E-state index contributed by atoms with van der Waals surface area (Å²) in [4.78, 5) is 0. The summed E-state index contributed by atoms with van der Waals surface area (Å²) in [6.45, 7) is 2.17. The van der Waals surface area contributed by atoms with Gasteiger partial charge in [0.1, 0.15) is 11.9 Å². The summed E-state index contributed by atoms with van der Waals surface area (Å²) >= 11 is 0. The van der Waals surface area contributed by atoms with Gasteiger partial charge >= 0.3 is 0 Å². The quantitative estimate of drug-likeness (QED) is 0.797. The fourth-order valence-electron chi connectivity index (χ4n) is 1.93. The molecule has 0 aliphatic carbocycles. The highest BCUT2D eigenvalue weighted by Crippen LogP contribution is 2.26. The van der Waals surface area contributed by atoms with E-state index in [1.165, 1.54) is 5.56 Å². The minimum absolute atomic E-state index is 0.111. The van der Waals surface area contributed by atoms with E-state index in [-0.39, 0.29) is 6.10 Å². The summed E-state index contributed by atoms with van der Waals surface area (Å²) < 4.78 is 6.04. The van der Waals surface area contributed by atoms with Crippen LogP contribution in [0, 0.1) is 0 Å². The number of hydrogen-bond acceptors (Lipinski definition) is 2. The Bertz CT molecular complexity index is 464. The molecule has 2 nitrogen and oxygen atoms in total. The maximum atomic E-state index is 6.04. The zero-order valence-electron chi connectivity index (χ0n) is 10.7. The minimum Gasteiger partial charge on any atom is -0.486 e. The molecule has 0 aliphatic rings. The Kier molecular flexibility index (Phi) is 4.24. The number of nitrogen functional groups attached to an aromatic ring is 1. The van der Waals surface area contributed by atoms with Crippen molar-refractivity contribution in [3.05, 3.63) is 60.2 Å². The van der Waals surface area contributed by atoms with Gasteiger partial charge in [-0.25, -0.2) is 0 Å². The Hall–Kier alpha value is -1.96. The third kappa shape index (κ3) is 3.27. The highest BCUT2D eigenvalue weighted by molar-refractivity contribution is 5.41. The summed E-state index contributed by atoms with van der Waals surface area (Å²) in [5.41, 5.74) is 7.65. The van der Waals surface area contributed by atoms with Crippen molar-refractivity contribution >= 4 is 5.69 Å². The second-order valence-corrected chi connectivity index (χ2v) is 4.37. The summed E-state index contributed by atoms with van der Waals surface area (Å²) in [6, 6.07) is 17.9. The van der Waals surface area contributed by atoms with Crippen LogP contribution in [0.4, 0.5) is 5.69 Å². The molecular formula is C16H19NO. The van der Waals surface area contributed by atoms with Crippen molar-refractivity contribution in [3.8, 4) is 5.75 Å². The van der Waals surface area contributed by atoms with Gasteiger partial charge < -0.3 is 10.5 Å². The van der Waals surface area contributed by atoms with E-state index in [0.717, 1.165) is 24.3 Å². The summed E-state index contributed by atoms with van der Waals surface area (Å²) in [6.07, 6.45) is 2.21. The number of rotatable bonds is 5. The second-order valence-electron chi connectivity index (χ2n) is 4.37. The smallest absolute Gasteiger partial charge is 0.124 e. The molecule has 0 fully saturated rings. The van der Waals surface area contributed by atoms with Crippen molar-refractivity contribution in [3.63, 3.8) is 0 Å². The summed E-state index contributed by atoms with van der Waals surface area (Å²) in [7, 11) is 0. The SMILES string of the molecule is CCCC(Oc1ccc(N)cc1)c1ccccc1. The van der Waals surface area contributed by atoms with Crippen LogP contribution in [0.3, 0.4) is 0 Å². The molecule has 94 valence electrons. The Morgan fingerprint density at radius 1 is 1.00 bits per heavy atom. The van der Waals surface area contributed by atoms with Crippen LogP contribution >= 0.6 is 0 Å². The van der Waals surface area contributed by atoms with E-state index in [0.29, 0.717) is 0 Å². The molecule has 2 N–H and O–H groups in total. The molecule has 0 saturated heterocycles. The molecule has 0 aromatic heterocycles. The van der Waals surface area contributed by atoms with Crippen molar-refractivity contribution < 1.29 is 4.74 Å². The first-order valence-electron chi connectivity index (χ1n) is 6.36. The minimum atomic E-state index is 0.111. The molecule has 2 aromatic rings. The van der Waals surface area contributed by atoms with E-state index < -0.39 is 0 Å². The van der Waals surface area contributed by atoms with Crippen molar-refractivity contribution in [2.24, 2.45) is 0 Å². The van der Waals surface area contributed by atoms with E-state index in [4.69, 9.17) is 10.5 Å². The van der Waals surface area contributed by atoms with Gasteiger partial charge in [-0.1, -0.05) is 43.7 Å². The molecule has 0 bridgehead atoms. The first-order chi connectivity index (χ1) is 8.79. The highest BCUT2D eigenvalue weighted by atomic mass is 16.5.